The maximum atomic E-state index is 14.4. The van der Waals surface area contributed by atoms with E-state index in [1.165, 1.54) is 15.9 Å². The van der Waals surface area contributed by atoms with E-state index in [0.29, 0.717) is 43.5 Å². The van der Waals surface area contributed by atoms with Gasteiger partial charge < -0.3 is 29.9 Å². The highest BCUT2D eigenvalue weighted by Crippen LogP contribution is 2.46. The van der Waals surface area contributed by atoms with E-state index in [9.17, 15) is 36.8 Å². The van der Waals surface area contributed by atoms with Crippen LogP contribution in [0.15, 0.2) is 30.4 Å². The number of alkyl carbamates (subject to hydrolysis) is 1. The zero-order chi connectivity index (χ0) is 37.6. The van der Waals surface area contributed by atoms with Crippen LogP contribution in [-0.2, 0) is 47.0 Å². The Kier molecular flexibility index (Phi) is 10.3. The topological polar surface area (TPSA) is 184 Å². The second kappa shape index (κ2) is 14.3. The summed E-state index contributed by atoms with van der Waals surface area (Å²) < 4.78 is 53.4. The van der Waals surface area contributed by atoms with Gasteiger partial charge in [-0.15, -0.1) is 0 Å². The highest BCUT2D eigenvalue weighted by atomic mass is 32.2. The molecule has 5 aliphatic rings. The van der Waals surface area contributed by atoms with Gasteiger partial charge in [0.1, 0.15) is 35.1 Å². The molecule has 15 nitrogen and oxygen atoms in total. The van der Waals surface area contributed by atoms with Crippen LogP contribution < -0.4 is 15.4 Å². The largest absolute Gasteiger partial charge is 0.444 e. The molecular weight excluding hydrogens is 699 g/mol. The molecule has 0 aromatic heterocycles. The van der Waals surface area contributed by atoms with Gasteiger partial charge in [-0.3, -0.25) is 24.0 Å². The number of hydrogen-bond donors (Lipinski definition) is 3. The van der Waals surface area contributed by atoms with Crippen molar-refractivity contribution in [2.45, 2.75) is 107 Å². The number of fused-ring (bicyclic) bond motifs is 3. The molecule has 5 atom stereocenters. The first kappa shape index (κ1) is 37.5. The van der Waals surface area contributed by atoms with Gasteiger partial charge in [-0.1, -0.05) is 24.3 Å². The smallest absolute Gasteiger partial charge is 0.410 e. The lowest BCUT2D eigenvalue weighted by Gasteiger charge is -2.31. The van der Waals surface area contributed by atoms with Crippen LogP contribution in [0.5, 0.6) is 0 Å². The number of carbonyl (C=O) groups is 5. The Morgan fingerprint density at radius 2 is 1.83 bits per heavy atom. The molecule has 17 heteroatoms. The second-order valence-corrected chi connectivity index (χ2v) is 17.4. The van der Waals surface area contributed by atoms with Crippen LogP contribution in [0, 0.1) is 11.7 Å². The van der Waals surface area contributed by atoms with E-state index in [2.05, 4.69) is 15.4 Å². The molecule has 3 aliphatic heterocycles. The molecule has 2 aliphatic carbocycles. The van der Waals surface area contributed by atoms with Gasteiger partial charge in [0.2, 0.25) is 21.8 Å². The molecule has 3 N–H and O–H groups in total. The van der Waals surface area contributed by atoms with Crippen molar-refractivity contribution in [3.8, 4) is 0 Å². The number of amides is 5. The summed E-state index contributed by atoms with van der Waals surface area (Å²) in [4.78, 5) is 73.0. The minimum atomic E-state index is -3.93. The SMILES string of the molecule is CN1CCC=C[C@@H]2C[C@@]2(C(=O)NS(=O)(=O)C2CC2)NC(=O)[C@@H]2C[C@@H](OC(=O)N3Cc4cccc(F)c4C3)CN2C(=O)[C@H](NC(=O)OC(C)(C)C)CC1. The highest BCUT2D eigenvalue weighted by molar-refractivity contribution is 7.91. The third-order valence-electron chi connectivity index (χ3n) is 10.1. The van der Waals surface area contributed by atoms with Crippen LogP contribution in [0.2, 0.25) is 0 Å². The molecule has 52 heavy (non-hydrogen) atoms. The molecule has 1 aromatic rings. The molecule has 3 heterocycles. The summed E-state index contributed by atoms with van der Waals surface area (Å²) in [6.45, 7) is 5.93. The summed E-state index contributed by atoms with van der Waals surface area (Å²) in [6, 6.07) is 2.21. The van der Waals surface area contributed by atoms with Gasteiger partial charge in [-0.05, 0) is 71.6 Å². The predicted molar refractivity (Wildman–Crippen MR) is 184 cm³/mol. The molecule has 3 fully saturated rings. The summed E-state index contributed by atoms with van der Waals surface area (Å²) in [6.07, 6.45) is 2.74. The average molecular weight is 747 g/mol. The second-order valence-electron chi connectivity index (χ2n) is 15.4. The fourth-order valence-corrected chi connectivity index (χ4v) is 8.36. The molecule has 0 unspecified atom stereocenters. The van der Waals surface area contributed by atoms with Crippen molar-refractivity contribution < 1.29 is 46.3 Å². The maximum Gasteiger partial charge on any atom is 0.410 e. The van der Waals surface area contributed by atoms with Crippen LogP contribution in [0.4, 0.5) is 14.0 Å². The molecule has 1 saturated heterocycles. The molecular formula is C35H47FN6O9S. The number of halogens is 1. The summed E-state index contributed by atoms with van der Waals surface area (Å²) in [5, 5.41) is 4.77. The van der Waals surface area contributed by atoms with Crippen molar-refractivity contribution in [1.29, 1.82) is 0 Å². The van der Waals surface area contributed by atoms with Gasteiger partial charge in [0, 0.05) is 37.5 Å². The van der Waals surface area contributed by atoms with Gasteiger partial charge in [0.15, 0.2) is 0 Å². The van der Waals surface area contributed by atoms with E-state index in [1.54, 1.807) is 39.0 Å². The monoisotopic (exact) mass is 746 g/mol. The van der Waals surface area contributed by atoms with E-state index in [-0.39, 0.29) is 38.9 Å². The van der Waals surface area contributed by atoms with E-state index in [0.717, 1.165) is 0 Å². The molecule has 0 bridgehead atoms. The Bertz CT molecular complexity index is 1760. The molecule has 5 amide bonds. The third kappa shape index (κ3) is 8.35. The Balaban J connectivity index is 1.27. The Labute approximate surface area is 302 Å². The summed E-state index contributed by atoms with van der Waals surface area (Å²) in [5.74, 6) is -3.15. The zero-order valence-corrected chi connectivity index (χ0v) is 30.7. The maximum absolute atomic E-state index is 14.4. The average Bonchev–Trinajstić information content (AvgIpc) is 3.94. The van der Waals surface area contributed by atoms with Crippen LogP contribution in [0.3, 0.4) is 0 Å². The van der Waals surface area contributed by atoms with Crippen LogP contribution >= 0.6 is 0 Å². The first-order valence-electron chi connectivity index (χ1n) is 17.7. The van der Waals surface area contributed by atoms with E-state index in [4.69, 9.17) is 9.47 Å². The third-order valence-corrected chi connectivity index (χ3v) is 11.9. The fraction of sp³-hybridized carbons (Fsp3) is 0.629. The van der Waals surface area contributed by atoms with Gasteiger partial charge in [-0.25, -0.2) is 22.4 Å². The molecule has 284 valence electrons. The fourth-order valence-electron chi connectivity index (χ4n) is 6.99. The van der Waals surface area contributed by atoms with Gasteiger partial charge >= 0.3 is 12.2 Å². The first-order chi connectivity index (χ1) is 24.5. The minimum absolute atomic E-state index is 0.00811. The lowest BCUT2D eigenvalue weighted by Crippen LogP contribution is -2.58. The Morgan fingerprint density at radius 3 is 2.52 bits per heavy atom. The van der Waals surface area contributed by atoms with Gasteiger partial charge in [-0.2, -0.15) is 0 Å². The van der Waals surface area contributed by atoms with Crippen molar-refractivity contribution in [3.63, 3.8) is 0 Å². The van der Waals surface area contributed by atoms with E-state index < -0.39 is 86.2 Å². The molecule has 1 aromatic carbocycles. The number of carbonyl (C=O) groups excluding carboxylic acids is 5. The standard InChI is InChI=1S/C35H47FN6O9S/c1-34(2,3)51-32(46)37-27-13-15-40(4)14-6-5-9-22-17-35(22,31(45)39-52(48,49)24-11-12-24)38-29(43)28-16-23(19-42(28)30(27)44)50-33(47)41-18-21-8-7-10-26(36)25(21)20-41/h5,7-10,22-24,27-28H,6,11-20H2,1-4H3,(H,37,46)(H,38,43)(H,39,45)/t22-,23-,27-,28+,35-/m1/s1. The number of sulfonamides is 1. The summed E-state index contributed by atoms with van der Waals surface area (Å²) >= 11 is 0. The van der Waals surface area contributed by atoms with Crippen molar-refractivity contribution in [2.24, 2.45) is 5.92 Å². The number of ether oxygens (including phenoxy) is 2. The van der Waals surface area contributed by atoms with Crippen molar-refractivity contribution in [2.75, 3.05) is 26.7 Å². The number of hydrogen-bond acceptors (Lipinski definition) is 10. The Morgan fingerprint density at radius 1 is 1.08 bits per heavy atom. The number of nitrogens with zero attached hydrogens (tertiary/aromatic N) is 3. The van der Waals surface area contributed by atoms with Crippen LogP contribution in [0.1, 0.15) is 70.4 Å². The lowest BCUT2D eigenvalue weighted by molar-refractivity contribution is -0.141. The van der Waals surface area contributed by atoms with Crippen molar-refractivity contribution >= 4 is 39.9 Å². The number of nitrogens with one attached hydrogen (secondary N) is 3. The normalized spacial score (nSPS) is 28.4. The molecule has 0 radical (unpaired) electrons. The molecule has 2 saturated carbocycles. The van der Waals surface area contributed by atoms with Crippen LogP contribution in [0.25, 0.3) is 0 Å². The molecule has 6 rings (SSSR count). The van der Waals surface area contributed by atoms with Crippen molar-refractivity contribution in [1.82, 2.24) is 30.1 Å². The quantitative estimate of drug-likeness (QED) is 0.377. The summed E-state index contributed by atoms with van der Waals surface area (Å²) in [5.41, 5.74) is -1.40. The predicted octanol–water partition coefficient (Wildman–Crippen LogP) is 1.91. The first-order valence-corrected chi connectivity index (χ1v) is 19.3. The van der Waals surface area contributed by atoms with Crippen molar-refractivity contribution in [3.05, 3.63) is 47.3 Å². The number of benzene rings is 1. The Hall–Kier alpha value is -4.25. The van der Waals surface area contributed by atoms with Crippen LogP contribution in [-0.4, -0.2) is 114 Å². The zero-order valence-electron chi connectivity index (χ0n) is 29.9. The summed E-state index contributed by atoms with van der Waals surface area (Å²) in [7, 11) is -2.07. The van der Waals surface area contributed by atoms with Gasteiger partial charge in [0.25, 0.3) is 5.91 Å². The molecule has 0 spiro atoms. The lowest BCUT2D eigenvalue weighted by atomic mass is 10.1. The minimum Gasteiger partial charge on any atom is -0.444 e. The van der Waals surface area contributed by atoms with Gasteiger partial charge in [0.05, 0.1) is 18.3 Å². The van der Waals surface area contributed by atoms with E-state index in [1.807, 2.05) is 18.0 Å². The van der Waals surface area contributed by atoms with E-state index >= 15 is 0 Å². The highest BCUT2D eigenvalue weighted by Gasteiger charge is 2.62. The number of rotatable bonds is 5.